The molecule has 102 valence electrons. The fraction of sp³-hybridized carbons (Fsp3) is 0.417. The van der Waals surface area contributed by atoms with Gasteiger partial charge in [0, 0.05) is 24.7 Å². The van der Waals surface area contributed by atoms with Crippen molar-refractivity contribution >= 4 is 5.65 Å². The van der Waals surface area contributed by atoms with Crippen LogP contribution in [-0.2, 0) is 0 Å². The van der Waals surface area contributed by atoms with Crippen molar-refractivity contribution < 1.29 is 17.9 Å². The number of fused-ring (bicyclic) bond motifs is 1. The second-order valence-electron chi connectivity index (χ2n) is 2.60. The molecule has 0 N–H and O–H groups in total. The molecule has 2 aromatic heterocycles. The number of rotatable bonds is 1. The van der Waals surface area contributed by atoms with Gasteiger partial charge in [-0.25, -0.2) is 4.98 Å². The SMILES string of the molecule is CC.CC.FC(F)(F)Oc1ccn2ccnc2c1. The van der Waals surface area contributed by atoms with E-state index in [1.165, 1.54) is 24.5 Å². The van der Waals surface area contributed by atoms with E-state index in [-0.39, 0.29) is 5.75 Å². The normalized spacial score (nSPS) is 9.94. The molecule has 0 aliphatic heterocycles. The Morgan fingerprint density at radius 1 is 1.11 bits per heavy atom. The van der Waals surface area contributed by atoms with Gasteiger partial charge in [-0.2, -0.15) is 0 Å². The fourth-order valence-electron chi connectivity index (χ4n) is 1.09. The smallest absolute Gasteiger partial charge is 0.406 e. The highest BCUT2D eigenvalue weighted by molar-refractivity contribution is 5.44. The van der Waals surface area contributed by atoms with E-state index in [4.69, 9.17) is 0 Å². The van der Waals surface area contributed by atoms with Gasteiger partial charge in [0.1, 0.15) is 11.4 Å². The molecule has 0 amide bonds. The molecular weight excluding hydrogens is 245 g/mol. The minimum Gasteiger partial charge on any atom is -0.406 e. The highest BCUT2D eigenvalue weighted by Crippen LogP contribution is 2.22. The van der Waals surface area contributed by atoms with Crippen LogP contribution in [0, 0.1) is 0 Å². The lowest BCUT2D eigenvalue weighted by atomic mass is 10.4. The van der Waals surface area contributed by atoms with Crippen molar-refractivity contribution in [1.29, 1.82) is 0 Å². The van der Waals surface area contributed by atoms with E-state index in [0.717, 1.165) is 0 Å². The van der Waals surface area contributed by atoms with Crippen molar-refractivity contribution in [3.63, 3.8) is 0 Å². The van der Waals surface area contributed by atoms with E-state index in [0.29, 0.717) is 5.65 Å². The molecule has 0 atom stereocenters. The van der Waals surface area contributed by atoms with Crippen LogP contribution in [0.5, 0.6) is 5.75 Å². The Balaban J connectivity index is 0.000000659. The molecule has 0 aromatic carbocycles. The third-order valence-corrected chi connectivity index (χ3v) is 1.60. The minimum atomic E-state index is -4.66. The maximum absolute atomic E-state index is 11.8. The van der Waals surface area contributed by atoms with Gasteiger partial charge in [-0.05, 0) is 6.07 Å². The Kier molecular flexibility index (Phi) is 6.85. The summed E-state index contributed by atoms with van der Waals surface area (Å²) in [6.07, 6.45) is -0.0895. The van der Waals surface area contributed by atoms with E-state index >= 15 is 0 Å². The molecule has 0 bridgehead atoms. The summed E-state index contributed by atoms with van der Waals surface area (Å²) in [6, 6.07) is 2.44. The Morgan fingerprint density at radius 2 is 1.72 bits per heavy atom. The largest absolute Gasteiger partial charge is 0.573 e. The minimum absolute atomic E-state index is 0.267. The van der Waals surface area contributed by atoms with Crippen molar-refractivity contribution in [1.82, 2.24) is 9.38 Å². The second-order valence-corrected chi connectivity index (χ2v) is 2.60. The molecular formula is C12H17F3N2O. The van der Waals surface area contributed by atoms with Gasteiger partial charge in [0.15, 0.2) is 0 Å². The molecule has 2 rings (SSSR count). The zero-order valence-corrected chi connectivity index (χ0v) is 10.8. The summed E-state index contributed by atoms with van der Waals surface area (Å²) in [5.41, 5.74) is 0.409. The first-order valence-corrected chi connectivity index (χ1v) is 5.73. The highest BCUT2D eigenvalue weighted by Gasteiger charge is 2.31. The maximum atomic E-state index is 11.8. The quantitative estimate of drug-likeness (QED) is 0.766. The molecule has 18 heavy (non-hydrogen) atoms. The third kappa shape index (κ3) is 5.07. The predicted molar refractivity (Wildman–Crippen MR) is 64.6 cm³/mol. The number of nitrogens with zero attached hydrogens (tertiary/aromatic N) is 2. The van der Waals surface area contributed by atoms with Crippen LogP contribution in [-0.4, -0.2) is 15.7 Å². The summed E-state index contributed by atoms with van der Waals surface area (Å²) < 4.78 is 40.8. The fourth-order valence-corrected chi connectivity index (χ4v) is 1.09. The maximum Gasteiger partial charge on any atom is 0.573 e. The van der Waals surface area contributed by atoms with Crippen LogP contribution in [0.15, 0.2) is 30.7 Å². The summed E-state index contributed by atoms with van der Waals surface area (Å²) in [4.78, 5) is 3.82. The molecule has 3 nitrogen and oxygen atoms in total. The van der Waals surface area contributed by atoms with Crippen LogP contribution >= 0.6 is 0 Å². The monoisotopic (exact) mass is 262 g/mol. The Labute approximate surface area is 104 Å². The number of imidazole rings is 1. The molecule has 0 aliphatic carbocycles. The summed E-state index contributed by atoms with van der Waals surface area (Å²) in [5.74, 6) is -0.267. The van der Waals surface area contributed by atoms with Crippen molar-refractivity contribution in [2.75, 3.05) is 0 Å². The van der Waals surface area contributed by atoms with Gasteiger partial charge in [-0.1, -0.05) is 27.7 Å². The molecule has 6 heteroatoms. The zero-order chi connectivity index (χ0) is 14.2. The van der Waals surface area contributed by atoms with Crippen LogP contribution in [0.25, 0.3) is 5.65 Å². The first kappa shape index (κ1) is 16.3. The van der Waals surface area contributed by atoms with Crippen molar-refractivity contribution in [2.24, 2.45) is 0 Å². The molecule has 2 aromatic rings. The van der Waals surface area contributed by atoms with Gasteiger partial charge in [0.05, 0.1) is 0 Å². The van der Waals surface area contributed by atoms with E-state index in [1.54, 1.807) is 10.6 Å². The molecule has 0 radical (unpaired) electrons. The van der Waals surface area contributed by atoms with Crippen LogP contribution < -0.4 is 4.74 Å². The van der Waals surface area contributed by atoms with Gasteiger partial charge in [0.2, 0.25) is 0 Å². The average molecular weight is 262 g/mol. The molecule has 0 unspecified atom stereocenters. The lowest BCUT2D eigenvalue weighted by Gasteiger charge is -2.08. The van der Waals surface area contributed by atoms with Crippen molar-refractivity contribution in [3.05, 3.63) is 30.7 Å². The summed E-state index contributed by atoms with van der Waals surface area (Å²) in [7, 11) is 0. The molecule has 0 fully saturated rings. The van der Waals surface area contributed by atoms with Gasteiger partial charge >= 0.3 is 6.36 Å². The summed E-state index contributed by atoms with van der Waals surface area (Å²) in [6.45, 7) is 8.00. The van der Waals surface area contributed by atoms with E-state index in [1.807, 2.05) is 27.7 Å². The number of halogens is 3. The number of alkyl halides is 3. The lowest BCUT2D eigenvalue weighted by Crippen LogP contribution is -2.17. The highest BCUT2D eigenvalue weighted by atomic mass is 19.4. The predicted octanol–water partition coefficient (Wildman–Crippen LogP) is 4.29. The number of aromatic nitrogens is 2. The molecule has 2 heterocycles. The van der Waals surface area contributed by atoms with Crippen LogP contribution in [0.4, 0.5) is 13.2 Å². The molecule has 0 aliphatic rings. The standard InChI is InChI=1S/C8H5F3N2O.2C2H6/c9-8(10,11)14-6-1-3-13-4-2-12-7(13)5-6;2*1-2/h1-5H;2*1-2H3. The summed E-state index contributed by atoms with van der Waals surface area (Å²) >= 11 is 0. The first-order chi connectivity index (χ1) is 8.54. The van der Waals surface area contributed by atoms with Gasteiger partial charge in [-0.3, -0.25) is 0 Å². The lowest BCUT2D eigenvalue weighted by molar-refractivity contribution is -0.274. The topological polar surface area (TPSA) is 26.5 Å². The number of pyridine rings is 1. The van der Waals surface area contributed by atoms with Crippen molar-refractivity contribution in [2.45, 2.75) is 34.1 Å². The Hall–Kier alpha value is -1.72. The average Bonchev–Trinajstić information content (AvgIpc) is 2.79. The molecule has 0 spiro atoms. The number of hydrogen-bond donors (Lipinski definition) is 0. The Morgan fingerprint density at radius 3 is 2.28 bits per heavy atom. The van der Waals surface area contributed by atoms with E-state index < -0.39 is 6.36 Å². The Bertz CT molecular complexity index is 452. The summed E-state index contributed by atoms with van der Waals surface area (Å²) in [5, 5.41) is 0. The molecule has 0 saturated carbocycles. The van der Waals surface area contributed by atoms with Gasteiger partial charge < -0.3 is 9.14 Å². The first-order valence-electron chi connectivity index (χ1n) is 5.73. The van der Waals surface area contributed by atoms with Gasteiger partial charge in [-0.15, -0.1) is 13.2 Å². The van der Waals surface area contributed by atoms with Crippen LogP contribution in [0.1, 0.15) is 27.7 Å². The van der Waals surface area contributed by atoms with Crippen molar-refractivity contribution in [3.8, 4) is 5.75 Å². The van der Waals surface area contributed by atoms with Crippen LogP contribution in [0.3, 0.4) is 0 Å². The zero-order valence-electron chi connectivity index (χ0n) is 10.8. The molecule has 0 saturated heterocycles. The number of ether oxygens (including phenoxy) is 1. The van der Waals surface area contributed by atoms with Crippen LogP contribution in [0.2, 0.25) is 0 Å². The second kappa shape index (κ2) is 7.58. The van der Waals surface area contributed by atoms with E-state index in [9.17, 15) is 13.2 Å². The third-order valence-electron chi connectivity index (χ3n) is 1.60. The van der Waals surface area contributed by atoms with Gasteiger partial charge in [0.25, 0.3) is 0 Å². The van der Waals surface area contributed by atoms with E-state index in [2.05, 4.69) is 9.72 Å². The number of hydrogen-bond acceptors (Lipinski definition) is 2.